The Hall–Kier alpha value is -2.89. The van der Waals surface area contributed by atoms with E-state index in [-0.39, 0.29) is 11.5 Å². The van der Waals surface area contributed by atoms with Crippen LogP contribution in [0.2, 0.25) is 0 Å². The second kappa shape index (κ2) is 7.40. The molecule has 0 aliphatic rings. The quantitative estimate of drug-likeness (QED) is 0.891. The van der Waals surface area contributed by atoms with Crippen LogP contribution in [-0.2, 0) is 0 Å². The molecule has 0 fully saturated rings. The summed E-state index contributed by atoms with van der Waals surface area (Å²) in [6, 6.07) is 10.4. The maximum Gasteiger partial charge on any atom is 0.258 e. The molecule has 2 N–H and O–H groups in total. The van der Waals surface area contributed by atoms with Crippen LogP contribution in [0.4, 0.5) is 10.1 Å². The highest BCUT2D eigenvalue weighted by Gasteiger charge is 2.13. The van der Waals surface area contributed by atoms with Gasteiger partial charge in [0.25, 0.3) is 11.8 Å². The van der Waals surface area contributed by atoms with Gasteiger partial charge in [-0.2, -0.15) is 0 Å². The Morgan fingerprint density at radius 1 is 1.09 bits per heavy atom. The molecule has 0 bridgehead atoms. The van der Waals surface area contributed by atoms with Crippen molar-refractivity contribution in [1.29, 1.82) is 0 Å². The van der Waals surface area contributed by atoms with Crippen molar-refractivity contribution in [2.75, 3.05) is 19.0 Å². The Balaban J connectivity index is 2.10. The molecule has 2 rings (SSSR count). The van der Waals surface area contributed by atoms with E-state index < -0.39 is 11.7 Å². The first-order valence-corrected chi connectivity index (χ1v) is 7.08. The van der Waals surface area contributed by atoms with Crippen LogP contribution in [0.25, 0.3) is 0 Å². The molecule has 0 atom stereocenters. The summed E-state index contributed by atoms with van der Waals surface area (Å²) >= 11 is 0. The minimum absolute atomic E-state index is 0.0846. The number of ether oxygens (including phenoxy) is 1. The minimum atomic E-state index is -0.666. The highest BCUT2D eigenvalue weighted by molar-refractivity contribution is 6.04. The molecule has 23 heavy (non-hydrogen) atoms. The van der Waals surface area contributed by atoms with Gasteiger partial charge in [-0.05, 0) is 43.3 Å². The smallest absolute Gasteiger partial charge is 0.258 e. The van der Waals surface area contributed by atoms with Gasteiger partial charge in [0.05, 0.1) is 12.7 Å². The number of hydrogen-bond acceptors (Lipinski definition) is 3. The summed E-state index contributed by atoms with van der Waals surface area (Å²) in [5.74, 6) is -1.09. The Kier molecular flexibility index (Phi) is 5.30. The molecule has 6 heteroatoms. The Labute approximate surface area is 133 Å². The molecular formula is C17H17FN2O3. The van der Waals surface area contributed by atoms with Gasteiger partial charge in [-0.3, -0.25) is 9.59 Å². The summed E-state index contributed by atoms with van der Waals surface area (Å²) in [7, 11) is 1.42. The van der Waals surface area contributed by atoms with Crippen LogP contribution in [-0.4, -0.2) is 25.5 Å². The molecule has 2 aromatic carbocycles. The molecule has 0 radical (unpaired) electrons. The highest BCUT2D eigenvalue weighted by atomic mass is 19.1. The molecule has 0 spiro atoms. The minimum Gasteiger partial charge on any atom is -0.497 e. The lowest BCUT2D eigenvalue weighted by Crippen LogP contribution is -2.22. The SMILES string of the molecule is CCNC(=O)c1ccc(NC(=O)c2ccc(OC)cc2F)cc1. The molecule has 0 aromatic heterocycles. The van der Waals surface area contributed by atoms with Gasteiger partial charge in [-0.25, -0.2) is 4.39 Å². The van der Waals surface area contributed by atoms with Crippen molar-refractivity contribution >= 4 is 17.5 Å². The highest BCUT2D eigenvalue weighted by Crippen LogP contribution is 2.18. The van der Waals surface area contributed by atoms with E-state index in [1.807, 2.05) is 6.92 Å². The molecule has 0 aliphatic carbocycles. The molecule has 2 aromatic rings. The van der Waals surface area contributed by atoms with Crippen molar-refractivity contribution in [3.05, 3.63) is 59.4 Å². The second-order valence-electron chi connectivity index (χ2n) is 4.74. The third-order valence-electron chi connectivity index (χ3n) is 3.16. The monoisotopic (exact) mass is 316 g/mol. The third-order valence-corrected chi connectivity index (χ3v) is 3.16. The van der Waals surface area contributed by atoms with Crippen LogP contribution in [0.5, 0.6) is 5.75 Å². The maximum absolute atomic E-state index is 13.9. The lowest BCUT2D eigenvalue weighted by Gasteiger charge is -2.08. The van der Waals surface area contributed by atoms with Gasteiger partial charge in [-0.15, -0.1) is 0 Å². The lowest BCUT2D eigenvalue weighted by molar-refractivity contribution is 0.0955. The number of hydrogen-bond donors (Lipinski definition) is 2. The predicted octanol–water partition coefficient (Wildman–Crippen LogP) is 2.84. The van der Waals surface area contributed by atoms with E-state index in [0.717, 1.165) is 6.07 Å². The standard InChI is InChI=1S/C17H17FN2O3/c1-3-19-16(21)11-4-6-12(7-5-11)20-17(22)14-9-8-13(23-2)10-15(14)18/h4-10H,3H2,1-2H3,(H,19,21)(H,20,22). The summed E-state index contributed by atoms with van der Waals surface area (Å²) < 4.78 is 18.7. The van der Waals surface area contributed by atoms with Crippen LogP contribution < -0.4 is 15.4 Å². The molecule has 0 saturated heterocycles. The predicted molar refractivity (Wildman–Crippen MR) is 85.4 cm³/mol. The first-order chi connectivity index (χ1) is 11.0. The molecule has 2 amide bonds. The van der Waals surface area contributed by atoms with E-state index >= 15 is 0 Å². The van der Waals surface area contributed by atoms with E-state index in [1.165, 1.54) is 19.2 Å². The van der Waals surface area contributed by atoms with Gasteiger partial charge in [0, 0.05) is 23.9 Å². The normalized spacial score (nSPS) is 10.0. The van der Waals surface area contributed by atoms with Gasteiger partial charge in [0.1, 0.15) is 11.6 Å². The summed E-state index contributed by atoms with van der Waals surface area (Å²) in [4.78, 5) is 23.7. The van der Waals surface area contributed by atoms with Gasteiger partial charge < -0.3 is 15.4 Å². The van der Waals surface area contributed by atoms with E-state index in [1.54, 1.807) is 24.3 Å². The Morgan fingerprint density at radius 3 is 2.35 bits per heavy atom. The van der Waals surface area contributed by atoms with Crippen molar-refractivity contribution < 1.29 is 18.7 Å². The average molecular weight is 316 g/mol. The number of halogens is 1. The largest absolute Gasteiger partial charge is 0.497 e. The summed E-state index contributed by atoms with van der Waals surface area (Å²) in [5, 5.41) is 5.26. The number of anilines is 1. The average Bonchev–Trinajstić information content (AvgIpc) is 2.55. The fourth-order valence-electron chi connectivity index (χ4n) is 1.97. The van der Waals surface area contributed by atoms with Gasteiger partial charge >= 0.3 is 0 Å². The van der Waals surface area contributed by atoms with Crippen LogP contribution in [0.1, 0.15) is 27.6 Å². The van der Waals surface area contributed by atoms with Crippen LogP contribution in [0.15, 0.2) is 42.5 Å². The van der Waals surface area contributed by atoms with Gasteiger partial charge in [0.15, 0.2) is 0 Å². The Morgan fingerprint density at radius 2 is 1.78 bits per heavy atom. The second-order valence-corrected chi connectivity index (χ2v) is 4.74. The number of carbonyl (C=O) groups excluding carboxylic acids is 2. The zero-order valence-corrected chi connectivity index (χ0v) is 12.9. The zero-order valence-electron chi connectivity index (χ0n) is 12.9. The van der Waals surface area contributed by atoms with Gasteiger partial charge in [-0.1, -0.05) is 0 Å². The number of amides is 2. The number of methoxy groups -OCH3 is 1. The first-order valence-electron chi connectivity index (χ1n) is 7.08. The summed E-state index contributed by atoms with van der Waals surface area (Å²) in [5.41, 5.74) is 0.873. The maximum atomic E-state index is 13.9. The van der Waals surface area contributed by atoms with E-state index in [2.05, 4.69) is 10.6 Å². The van der Waals surface area contributed by atoms with E-state index in [4.69, 9.17) is 4.74 Å². The van der Waals surface area contributed by atoms with Gasteiger partial charge in [0.2, 0.25) is 0 Å². The van der Waals surface area contributed by atoms with Crippen LogP contribution in [0, 0.1) is 5.82 Å². The van der Waals surface area contributed by atoms with Crippen molar-refractivity contribution in [2.24, 2.45) is 0 Å². The first kappa shape index (κ1) is 16.5. The Bertz CT molecular complexity index is 714. The van der Waals surface area contributed by atoms with Crippen molar-refractivity contribution in [3.8, 4) is 5.75 Å². The third kappa shape index (κ3) is 4.06. The number of nitrogens with one attached hydrogen (secondary N) is 2. The molecule has 0 saturated carbocycles. The lowest BCUT2D eigenvalue weighted by atomic mass is 10.1. The van der Waals surface area contributed by atoms with Crippen molar-refractivity contribution in [2.45, 2.75) is 6.92 Å². The molecule has 0 heterocycles. The molecule has 5 nitrogen and oxygen atoms in total. The number of benzene rings is 2. The van der Waals surface area contributed by atoms with E-state index in [9.17, 15) is 14.0 Å². The number of rotatable bonds is 5. The topological polar surface area (TPSA) is 67.4 Å². The van der Waals surface area contributed by atoms with Crippen LogP contribution >= 0.6 is 0 Å². The summed E-state index contributed by atoms with van der Waals surface area (Å²) in [6.45, 7) is 2.37. The van der Waals surface area contributed by atoms with Crippen LogP contribution in [0.3, 0.4) is 0 Å². The fourth-order valence-corrected chi connectivity index (χ4v) is 1.97. The zero-order chi connectivity index (χ0) is 16.8. The van der Waals surface area contributed by atoms with Crippen molar-refractivity contribution in [3.63, 3.8) is 0 Å². The number of carbonyl (C=O) groups is 2. The molecule has 0 unspecified atom stereocenters. The molecule has 0 aliphatic heterocycles. The molecule has 120 valence electrons. The fraction of sp³-hybridized carbons (Fsp3) is 0.176. The van der Waals surface area contributed by atoms with Crippen molar-refractivity contribution in [1.82, 2.24) is 5.32 Å². The van der Waals surface area contributed by atoms with E-state index in [0.29, 0.717) is 23.5 Å². The molecular weight excluding hydrogens is 299 g/mol. The summed E-state index contributed by atoms with van der Waals surface area (Å²) in [6.07, 6.45) is 0.